The van der Waals surface area contributed by atoms with Gasteiger partial charge in [0.2, 0.25) is 5.91 Å². The number of thioether (sulfide) groups is 1. The summed E-state index contributed by atoms with van der Waals surface area (Å²) in [5.74, 6) is -0.248. The molecule has 0 saturated carbocycles. The van der Waals surface area contributed by atoms with Crippen molar-refractivity contribution in [2.75, 3.05) is 10.6 Å². The zero-order chi connectivity index (χ0) is 25.1. The molecule has 0 aliphatic carbocycles. The molecule has 0 spiro atoms. The van der Waals surface area contributed by atoms with E-state index in [0.717, 1.165) is 25.9 Å². The molecule has 0 fully saturated rings. The Bertz CT molecular complexity index is 1580. The SMILES string of the molecule is CCC(Sc1cccc(NC(=O)c2ccc3ccccc3c2)c1)C(=O)Nc1nc2ccc(C)cc2s1. The number of rotatable bonds is 7. The lowest BCUT2D eigenvalue weighted by molar-refractivity contribution is -0.115. The molecule has 0 aliphatic heterocycles. The first-order valence-electron chi connectivity index (χ1n) is 11.7. The lowest BCUT2D eigenvalue weighted by Gasteiger charge is -2.14. The highest BCUT2D eigenvalue weighted by molar-refractivity contribution is 8.00. The Morgan fingerprint density at radius 1 is 0.917 bits per heavy atom. The fourth-order valence-electron chi connectivity index (χ4n) is 3.94. The largest absolute Gasteiger partial charge is 0.322 e. The van der Waals surface area contributed by atoms with Crippen molar-refractivity contribution < 1.29 is 9.59 Å². The van der Waals surface area contributed by atoms with E-state index in [4.69, 9.17) is 0 Å². The molecule has 1 atom stereocenters. The van der Waals surface area contributed by atoms with E-state index in [1.165, 1.54) is 28.7 Å². The predicted octanol–water partition coefficient (Wildman–Crippen LogP) is 7.52. The number of fused-ring (bicyclic) bond motifs is 2. The molecule has 0 aliphatic rings. The molecule has 7 heteroatoms. The molecule has 0 bridgehead atoms. The fourth-order valence-corrected chi connectivity index (χ4v) is 5.92. The van der Waals surface area contributed by atoms with Crippen LogP contribution in [0.25, 0.3) is 21.0 Å². The molecule has 180 valence electrons. The first-order chi connectivity index (χ1) is 17.5. The number of carbonyl (C=O) groups is 2. The second kappa shape index (κ2) is 10.5. The Hall–Kier alpha value is -3.68. The number of nitrogens with zero attached hydrogens (tertiary/aromatic N) is 1. The Morgan fingerprint density at radius 2 is 1.75 bits per heavy atom. The van der Waals surface area contributed by atoms with Crippen molar-refractivity contribution >= 4 is 66.7 Å². The zero-order valence-electron chi connectivity index (χ0n) is 19.9. The predicted molar refractivity (Wildman–Crippen MR) is 151 cm³/mol. The van der Waals surface area contributed by atoms with Crippen molar-refractivity contribution in [3.63, 3.8) is 0 Å². The van der Waals surface area contributed by atoms with Crippen molar-refractivity contribution in [2.24, 2.45) is 0 Å². The molecule has 36 heavy (non-hydrogen) atoms. The number of carbonyl (C=O) groups excluding carboxylic acids is 2. The Kier molecular flexibility index (Phi) is 7.02. The maximum absolute atomic E-state index is 13.0. The quantitative estimate of drug-likeness (QED) is 0.222. The van der Waals surface area contributed by atoms with Crippen LogP contribution in [-0.2, 0) is 4.79 Å². The van der Waals surface area contributed by atoms with Gasteiger partial charge in [0.25, 0.3) is 5.91 Å². The van der Waals surface area contributed by atoms with Gasteiger partial charge in [-0.1, -0.05) is 60.7 Å². The van der Waals surface area contributed by atoms with E-state index < -0.39 is 0 Å². The fraction of sp³-hybridized carbons (Fsp3) is 0.138. The van der Waals surface area contributed by atoms with Gasteiger partial charge >= 0.3 is 0 Å². The van der Waals surface area contributed by atoms with E-state index in [2.05, 4.69) is 21.7 Å². The van der Waals surface area contributed by atoms with Gasteiger partial charge in [-0.3, -0.25) is 9.59 Å². The second-order valence-corrected chi connectivity index (χ2v) is 10.8. The van der Waals surface area contributed by atoms with Crippen molar-refractivity contribution in [3.05, 3.63) is 96.1 Å². The van der Waals surface area contributed by atoms with E-state index >= 15 is 0 Å². The summed E-state index contributed by atoms with van der Waals surface area (Å²) in [6.45, 7) is 4.03. The van der Waals surface area contributed by atoms with Crippen LogP contribution in [0.1, 0.15) is 29.3 Å². The molecule has 0 saturated heterocycles. The van der Waals surface area contributed by atoms with Crippen LogP contribution >= 0.6 is 23.1 Å². The van der Waals surface area contributed by atoms with Crippen LogP contribution in [0, 0.1) is 6.92 Å². The Balaban J connectivity index is 1.26. The van der Waals surface area contributed by atoms with Gasteiger partial charge < -0.3 is 10.6 Å². The smallest absolute Gasteiger partial charge is 0.255 e. The number of thiazole rings is 1. The van der Waals surface area contributed by atoms with Crippen molar-refractivity contribution in [2.45, 2.75) is 30.4 Å². The van der Waals surface area contributed by atoms with Crippen molar-refractivity contribution in [3.8, 4) is 0 Å². The van der Waals surface area contributed by atoms with Crippen LogP contribution in [0.4, 0.5) is 10.8 Å². The number of aryl methyl sites for hydroxylation is 1. The third-order valence-electron chi connectivity index (χ3n) is 5.82. The van der Waals surface area contributed by atoms with Crippen LogP contribution in [0.3, 0.4) is 0 Å². The van der Waals surface area contributed by atoms with E-state index in [0.29, 0.717) is 22.8 Å². The highest BCUT2D eigenvalue weighted by atomic mass is 32.2. The van der Waals surface area contributed by atoms with Gasteiger partial charge in [0, 0.05) is 16.1 Å². The second-order valence-electron chi connectivity index (χ2n) is 8.54. The minimum Gasteiger partial charge on any atom is -0.322 e. The van der Waals surface area contributed by atoms with E-state index in [-0.39, 0.29) is 17.1 Å². The molecule has 5 aromatic rings. The van der Waals surface area contributed by atoms with E-state index in [1.807, 2.05) is 92.7 Å². The number of hydrogen-bond acceptors (Lipinski definition) is 5. The summed E-state index contributed by atoms with van der Waals surface area (Å²) in [6, 6.07) is 27.3. The molecule has 2 N–H and O–H groups in total. The van der Waals surface area contributed by atoms with E-state index in [1.54, 1.807) is 0 Å². The van der Waals surface area contributed by atoms with Gasteiger partial charge in [0.1, 0.15) is 0 Å². The number of hydrogen-bond donors (Lipinski definition) is 2. The van der Waals surface area contributed by atoms with Crippen LogP contribution in [0.2, 0.25) is 0 Å². The molecule has 1 unspecified atom stereocenters. The molecule has 5 rings (SSSR count). The number of benzene rings is 4. The van der Waals surface area contributed by atoms with Crippen LogP contribution < -0.4 is 10.6 Å². The molecule has 4 aromatic carbocycles. The van der Waals surface area contributed by atoms with Crippen molar-refractivity contribution in [1.29, 1.82) is 0 Å². The molecular formula is C29H25N3O2S2. The number of amides is 2. The molecule has 1 heterocycles. The van der Waals surface area contributed by atoms with Gasteiger partial charge in [-0.05, 0) is 72.1 Å². The maximum Gasteiger partial charge on any atom is 0.255 e. The summed E-state index contributed by atoms with van der Waals surface area (Å²) in [5, 5.41) is 8.40. The molecule has 5 nitrogen and oxygen atoms in total. The Labute approximate surface area is 218 Å². The van der Waals surface area contributed by atoms with Crippen molar-refractivity contribution in [1.82, 2.24) is 4.98 Å². The normalized spacial score (nSPS) is 11.9. The average Bonchev–Trinajstić information content (AvgIpc) is 3.28. The van der Waals surface area contributed by atoms with Gasteiger partial charge in [0.05, 0.1) is 15.5 Å². The topological polar surface area (TPSA) is 71.1 Å². The van der Waals surface area contributed by atoms with Crippen LogP contribution in [-0.4, -0.2) is 22.0 Å². The minimum absolute atomic E-state index is 0.0797. The van der Waals surface area contributed by atoms with Crippen LogP contribution in [0.5, 0.6) is 0 Å². The first-order valence-corrected chi connectivity index (χ1v) is 13.4. The lowest BCUT2D eigenvalue weighted by Crippen LogP contribution is -2.24. The van der Waals surface area contributed by atoms with Gasteiger partial charge in [-0.2, -0.15) is 0 Å². The zero-order valence-corrected chi connectivity index (χ0v) is 21.6. The maximum atomic E-state index is 13.0. The first kappa shape index (κ1) is 24.0. The Morgan fingerprint density at radius 3 is 2.58 bits per heavy atom. The third kappa shape index (κ3) is 5.42. The monoisotopic (exact) mass is 511 g/mol. The summed E-state index contributed by atoms with van der Waals surface area (Å²) in [7, 11) is 0. The summed E-state index contributed by atoms with van der Waals surface area (Å²) < 4.78 is 1.06. The summed E-state index contributed by atoms with van der Waals surface area (Å²) in [4.78, 5) is 31.3. The molecule has 2 amide bonds. The number of nitrogens with one attached hydrogen (secondary N) is 2. The minimum atomic E-state index is -0.287. The summed E-state index contributed by atoms with van der Waals surface area (Å²) in [5.41, 5.74) is 3.34. The third-order valence-corrected chi connectivity index (χ3v) is 8.11. The highest BCUT2D eigenvalue weighted by Crippen LogP contribution is 2.31. The van der Waals surface area contributed by atoms with Crippen LogP contribution in [0.15, 0.2) is 89.8 Å². The standard InChI is InChI=1S/C29H25N3O2S2/c1-3-25(28(34)32-29-31-24-14-11-18(2)15-26(24)36-29)35-23-10-6-9-22(17-23)30-27(33)21-13-12-19-7-4-5-8-20(19)16-21/h4-17,25H,3H2,1-2H3,(H,30,33)(H,31,32,34). The molecular weight excluding hydrogens is 486 g/mol. The van der Waals surface area contributed by atoms with Gasteiger partial charge in [-0.15, -0.1) is 11.8 Å². The number of aromatic nitrogens is 1. The average molecular weight is 512 g/mol. The summed E-state index contributed by atoms with van der Waals surface area (Å²) in [6.07, 6.45) is 0.661. The lowest BCUT2D eigenvalue weighted by atomic mass is 10.1. The highest BCUT2D eigenvalue weighted by Gasteiger charge is 2.20. The van der Waals surface area contributed by atoms with Gasteiger partial charge in [0.15, 0.2) is 5.13 Å². The van der Waals surface area contributed by atoms with Gasteiger partial charge in [-0.25, -0.2) is 4.98 Å². The molecule has 1 aromatic heterocycles. The number of anilines is 2. The summed E-state index contributed by atoms with van der Waals surface area (Å²) >= 11 is 2.96. The molecule has 0 radical (unpaired) electrons. The van der Waals surface area contributed by atoms with E-state index in [9.17, 15) is 9.59 Å².